The van der Waals surface area contributed by atoms with Gasteiger partial charge < -0.3 is 24.4 Å². The van der Waals surface area contributed by atoms with Crippen molar-refractivity contribution in [3.05, 3.63) is 64.7 Å². The number of aliphatic hydroxyl groups is 1. The number of ether oxygens (including phenoxy) is 2. The Bertz CT molecular complexity index is 1080. The Morgan fingerprint density at radius 2 is 2.03 bits per heavy atom. The lowest BCUT2D eigenvalue weighted by Gasteiger charge is -2.26. The van der Waals surface area contributed by atoms with Gasteiger partial charge in [-0.15, -0.1) is 0 Å². The molecule has 0 saturated carbocycles. The van der Waals surface area contributed by atoms with Crippen molar-refractivity contribution in [3.8, 4) is 11.5 Å². The fraction of sp³-hybridized carbons (Fsp3) is 0.360. The molecule has 0 radical (unpaired) electrons. The molecule has 1 saturated heterocycles. The first-order chi connectivity index (χ1) is 15.4. The summed E-state index contributed by atoms with van der Waals surface area (Å²) in [5, 5.41) is 11.2. The molecule has 2 aromatic carbocycles. The Morgan fingerprint density at radius 3 is 2.78 bits per heavy atom. The molecule has 2 aliphatic rings. The number of ketones is 1. The van der Waals surface area contributed by atoms with Gasteiger partial charge in [0.15, 0.2) is 0 Å². The zero-order chi connectivity index (χ0) is 22.8. The Labute approximate surface area is 187 Å². The van der Waals surface area contributed by atoms with Gasteiger partial charge in [-0.25, -0.2) is 0 Å². The second-order valence-electron chi connectivity index (χ2n) is 8.35. The highest BCUT2D eigenvalue weighted by atomic mass is 16.5. The fourth-order valence-corrected chi connectivity index (χ4v) is 4.32. The molecule has 2 aromatic rings. The smallest absolute Gasteiger partial charge is 0.295 e. The van der Waals surface area contributed by atoms with E-state index < -0.39 is 17.7 Å². The number of carbonyl (C=O) groups excluding carboxylic acids is 2. The van der Waals surface area contributed by atoms with E-state index in [0.29, 0.717) is 30.9 Å². The molecule has 7 heteroatoms. The first kappa shape index (κ1) is 21.9. The number of methoxy groups -OCH3 is 1. The van der Waals surface area contributed by atoms with E-state index in [1.165, 1.54) is 0 Å². The van der Waals surface area contributed by atoms with Gasteiger partial charge in [-0.2, -0.15) is 0 Å². The van der Waals surface area contributed by atoms with Crippen LogP contribution in [0.15, 0.2) is 48.0 Å². The van der Waals surface area contributed by atoms with Crippen LogP contribution in [0.4, 0.5) is 0 Å². The lowest BCUT2D eigenvalue weighted by molar-refractivity contribution is -0.139. The Morgan fingerprint density at radius 1 is 1.22 bits per heavy atom. The van der Waals surface area contributed by atoms with Gasteiger partial charge in [0, 0.05) is 18.5 Å². The summed E-state index contributed by atoms with van der Waals surface area (Å²) in [6, 6.07) is 12.0. The maximum Gasteiger partial charge on any atom is 0.295 e. The summed E-state index contributed by atoms with van der Waals surface area (Å²) >= 11 is 0. The summed E-state index contributed by atoms with van der Waals surface area (Å²) < 4.78 is 10.9. The van der Waals surface area contributed by atoms with Crippen LogP contribution in [0.5, 0.6) is 11.5 Å². The van der Waals surface area contributed by atoms with Gasteiger partial charge in [-0.05, 0) is 68.5 Å². The maximum atomic E-state index is 13.1. The average Bonchev–Trinajstić information content (AvgIpc) is 3.36. The third-order valence-corrected chi connectivity index (χ3v) is 5.92. The Kier molecular flexibility index (Phi) is 6.19. The van der Waals surface area contributed by atoms with Crippen LogP contribution < -0.4 is 9.47 Å². The quantitative estimate of drug-likeness (QED) is 0.408. The molecule has 32 heavy (non-hydrogen) atoms. The third-order valence-electron chi connectivity index (χ3n) is 5.92. The van der Waals surface area contributed by atoms with Crippen LogP contribution in [0, 0.1) is 0 Å². The molecule has 0 aliphatic carbocycles. The second kappa shape index (κ2) is 9.04. The van der Waals surface area contributed by atoms with Gasteiger partial charge in [0.05, 0.1) is 25.3 Å². The van der Waals surface area contributed by atoms with Crippen LogP contribution in [0.2, 0.25) is 0 Å². The van der Waals surface area contributed by atoms with Crippen molar-refractivity contribution in [1.82, 2.24) is 9.80 Å². The number of rotatable bonds is 7. The molecule has 1 amide bonds. The number of benzene rings is 2. The largest absolute Gasteiger partial charge is 0.507 e. The van der Waals surface area contributed by atoms with Crippen LogP contribution >= 0.6 is 0 Å². The standard InChI is InChI=1S/C25H28N2O5/c1-26(2)11-5-12-27-22(17-6-4-7-19(15-17)31-3)21(24(29)25(27)30)23(28)18-8-9-20-16(14-18)10-13-32-20/h4,6-9,14-15,22,28H,5,10-13H2,1-3H3/b23-21-. The molecular formula is C25H28N2O5. The molecule has 2 aliphatic heterocycles. The van der Waals surface area contributed by atoms with Gasteiger partial charge in [-0.3, -0.25) is 9.59 Å². The van der Waals surface area contributed by atoms with Crippen molar-refractivity contribution in [3.63, 3.8) is 0 Å². The molecule has 1 unspecified atom stereocenters. The minimum Gasteiger partial charge on any atom is -0.507 e. The molecule has 7 nitrogen and oxygen atoms in total. The summed E-state index contributed by atoms with van der Waals surface area (Å²) in [5.41, 5.74) is 2.31. The number of nitrogens with zero attached hydrogens (tertiary/aromatic N) is 2. The van der Waals surface area contributed by atoms with Gasteiger partial charge in [-0.1, -0.05) is 12.1 Å². The van der Waals surface area contributed by atoms with Gasteiger partial charge in [0.25, 0.3) is 11.7 Å². The van der Waals surface area contributed by atoms with E-state index in [1.807, 2.05) is 43.3 Å². The number of amides is 1. The van der Waals surface area contributed by atoms with Crippen molar-refractivity contribution in [2.45, 2.75) is 18.9 Å². The maximum absolute atomic E-state index is 13.1. The minimum atomic E-state index is -0.684. The van der Waals surface area contributed by atoms with E-state index in [9.17, 15) is 14.7 Å². The summed E-state index contributed by atoms with van der Waals surface area (Å²) in [7, 11) is 5.50. The fourth-order valence-electron chi connectivity index (χ4n) is 4.32. The number of likely N-dealkylation sites (tertiary alicyclic amines) is 1. The second-order valence-corrected chi connectivity index (χ2v) is 8.35. The molecule has 1 N–H and O–H groups in total. The molecule has 168 valence electrons. The summed E-state index contributed by atoms with van der Waals surface area (Å²) in [6.45, 7) is 1.78. The topological polar surface area (TPSA) is 79.3 Å². The first-order valence-corrected chi connectivity index (χ1v) is 10.7. The molecule has 2 heterocycles. The van der Waals surface area contributed by atoms with E-state index in [4.69, 9.17) is 9.47 Å². The van der Waals surface area contributed by atoms with Crippen LogP contribution in [0.25, 0.3) is 5.76 Å². The van der Waals surface area contributed by atoms with E-state index >= 15 is 0 Å². The molecule has 4 rings (SSSR count). The number of aliphatic hydroxyl groups excluding tert-OH is 1. The number of hydrogen-bond donors (Lipinski definition) is 1. The summed E-state index contributed by atoms with van der Waals surface area (Å²) in [4.78, 5) is 29.7. The lowest BCUT2D eigenvalue weighted by Crippen LogP contribution is -2.32. The summed E-state index contributed by atoms with van der Waals surface area (Å²) in [6.07, 6.45) is 1.45. The lowest BCUT2D eigenvalue weighted by atomic mass is 9.94. The van der Waals surface area contributed by atoms with E-state index in [2.05, 4.69) is 0 Å². The number of fused-ring (bicyclic) bond motifs is 1. The SMILES string of the molecule is COc1cccc(C2/C(=C(/O)c3ccc4c(c3)CCO4)C(=O)C(=O)N2CCCN(C)C)c1. The number of hydrogen-bond acceptors (Lipinski definition) is 6. The highest BCUT2D eigenvalue weighted by molar-refractivity contribution is 6.46. The minimum absolute atomic E-state index is 0.104. The molecule has 0 spiro atoms. The first-order valence-electron chi connectivity index (χ1n) is 10.7. The highest BCUT2D eigenvalue weighted by Gasteiger charge is 2.46. The predicted molar refractivity (Wildman–Crippen MR) is 121 cm³/mol. The van der Waals surface area contributed by atoms with Crippen molar-refractivity contribution < 1.29 is 24.2 Å². The van der Waals surface area contributed by atoms with Gasteiger partial charge >= 0.3 is 0 Å². The molecule has 0 bridgehead atoms. The van der Waals surface area contributed by atoms with Crippen LogP contribution in [0.3, 0.4) is 0 Å². The van der Waals surface area contributed by atoms with Crippen molar-refractivity contribution >= 4 is 17.4 Å². The number of Topliss-reactive ketones (excluding diaryl/α,β-unsaturated/α-hetero) is 1. The van der Waals surface area contributed by atoms with Crippen molar-refractivity contribution in [2.75, 3.05) is 40.9 Å². The van der Waals surface area contributed by atoms with Crippen molar-refractivity contribution in [1.29, 1.82) is 0 Å². The van der Waals surface area contributed by atoms with E-state index in [0.717, 1.165) is 29.8 Å². The zero-order valence-corrected chi connectivity index (χ0v) is 18.6. The van der Waals surface area contributed by atoms with E-state index in [1.54, 1.807) is 30.2 Å². The average molecular weight is 437 g/mol. The Hall–Kier alpha value is -3.32. The van der Waals surface area contributed by atoms with Crippen LogP contribution in [-0.2, 0) is 16.0 Å². The number of carbonyl (C=O) groups is 2. The van der Waals surface area contributed by atoms with Crippen LogP contribution in [-0.4, -0.2) is 67.5 Å². The predicted octanol–water partition coefficient (Wildman–Crippen LogP) is 3.00. The molecular weight excluding hydrogens is 408 g/mol. The highest BCUT2D eigenvalue weighted by Crippen LogP contribution is 2.41. The molecule has 1 atom stereocenters. The van der Waals surface area contributed by atoms with Gasteiger partial charge in [0.2, 0.25) is 0 Å². The third kappa shape index (κ3) is 4.08. The van der Waals surface area contributed by atoms with Crippen molar-refractivity contribution in [2.24, 2.45) is 0 Å². The zero-order valence-electron chi connectivity index (χ0n) is 18.6. The van der Waals surface area contributed by atoms with E-state index in [-0.39, 0.29) is 11.3 Å². The summed E-state index contributed by atoms with van der Waals surface area (Å²) in [5.74, 6) is -0.0217. The van der Waals surface area contributed by atoms with Gasteiger partial charge in [0.1, 0.15) is 17.3 Å². The normalized spacial score (nSPS) is 19.4. The monoisotopic (exact) mass is 436 g/mol. The molecule has 0 aromatic heterocycles. The molecule has 1 fully saturated rings. The Balaban J connectivity index is 1.80. The van der Waals surface area contributed by atoms with Crippen LogP contribution in [0.1, 0.15) is 29.2 Å².